The number of carbonyl (C=O) groups excluding carboxylic acids is 1. The van der Waals surface area contributed by atoms with Crippen molar-refractivity contribution in [2.45, 2.75) is 44.9 Å². The van der Waals surface area contributed by atoms with Crippen LogP contribution in [0, 0.1) is 23.2 Å². The summed E-state index contributed by atoms with van der Waals surface area (Å²) in [5.41, 5.74) is 0.0799. The van der Waals surface area contributed by atoms with E-state index in [1.54, 1.807) is 7.11 Å². The highest BCUT2D eigenvalue weighted by Gasteiger charge is 2.52. The Morgan fingerprint density at radius 2 is 1.79 bits per heavy atom. The Hall–Kier alpha value is -0.410. The van der Waals surface area contributed by atoms with E-state index in [2.05, 4.69) is 5.32 Å². The number of quaternary nitrogens is 1. The predicted octanol–water partition coefficient (Wildman–Crippen LogP) is 1.37. The molecule has 2 N–H and O–H groups in total. The molecule has 0 spiro atoms. The molecule has 0 radical (unpaired) electrons. The van der Waals surface area contributed by atoms with Crippen molar-refractivity contribution in [3.63, 3.8) is 0 Å². The zero-order chi connectivity index (χ0) is 13.3. The average molecular weight is 266 g/mol. The van der Waals surface area contributed by atoms with Crippen molar-refractivity contribution < 1.29 is 14.8 Å². The zero-order valence-electron chi connectivity index (χ0n) is 12.2. The van der Waals surface area contributed by atoms with Gasteiger partial charge in [-0.1, -0.05) is 12.8 Å². The maximum absolute atomic E-state index is 12.7. The number of Topliss-reactive ketones (excluding diaryl/α,β-unsaturated/α-hetero) is 1. The van der Waals surface area contributed by atoms with Crippen LogP contribution in [-0.4, -0.2) is 32.6 Å². The van der Waals surface area contributed by atoms with Gasteiger partial charge < -0.3 is 10.1 Å². The van der Waals surface area contributed by atoms with E-state index in [4.69, 9.17) is 4.74 Å². The molecule has 0 aromatic heterocycles. The van der Waals surface area contributed by atoms with Crippen molar-refractivity contribution in [2.75, 3.05) is 26.8 Å². The summed E-state index contributed by atoms with van der Waals surface area (Å²) in [5.74, 6) is 3.12. The number of ketones is 1. The Bertz CT molecular complexity index is 326. The van der Waals surface area contributed by atoms with Crippen molar-refractivity contribution in [1.29, 1.82) is 0 Å². The molecule has 4 bridgehead atoms. The fourth-order valence-electron chi connectivity index (χ4n) is 5.18. The van der Waals surface area contributed by atoms with E-state index in [1.807, 2.05) is 0 Å². The number of fused-ring (bicyclic) bond motifs is 1. The minimum Gasteiger partial charge on any atom is -0.379 e. The Morgan fingerprint density at radius 3 is 2.42 bits per heavy atom. The third-order valence-electron chi connectivity index (χ3n) is 5.80. The maximum Gasteiger partial charge on any atom is 0.192 e. The van der Waals surface area contributed by atoms with Crippen LogP contribution in [0.1, 0.15) is 44.9 Å². The van der Waals surface area contributed by atoms with Crippen molar-refractivity contribution >= 4 is 5.78 Å². The minimum atomic E-state index is 0.0799. The Morgan fingerprint density at radius 1 is 1.16 bits per heavy atom. The molecular formula is C16H28NO2+. The molecule has 4 aliphatic carbocycles. The van der Waals surface area contributed by atoms with Gasteiger partial charge in [-0.3, -0.25) is 4.79 Å². The Balaban J connectivity index is 1.63. The maximum atomic E-state index is 12.7. The highest BCUT2D eigenvalue weighted by molar-refractivity contribution is 5.86. The summed E-state index contributed by atoms with van der Waals surface area (Å²) < 4.78 is 5.05. The van der Waals surface area contributed by atoms with Gasteiger partial charge in [0.15, 0.2) is 5.78 Å². The van der Waals surface area contributed by atoms with Gasteiger partial charge in [-0.2, -0.15) is 0 Å². The molecule has 4 saturated carbocycles. The molecular weight excluding hydrogens is 238 g/mol. The molecule has 4 rings (SSSR count). The van der Waals surface area contributed by atoms with Gasteiger partial charge in [-0.05, 0) is 49.9 Å². The van der Waals surface area contributed by atoms with Crippen molar-refractivity contribution in [3.8, 4) is 0 Å². The summed E-state index contributed by atoms with van der Waals surface area (Å²) in [6.07, 6.45) is 9.23. The fraction of sp³-hybridized carbons (Fsp3) is 0.938. The summed E-state index contributed by atoms with van der Waals surface area (Å²) in [7, 11) is 1.72. The van der Waals surface area contributed by atoms with Crippen LogP contribution in [0.4, 0.5) is 0 Å². The van der Waals surface area contributed by atoms with Crippen molar-refractivity contribution in [3.05, 3.63) is 0 Å². The smallest absolute Gasteiger partial charge is 0.192 e. The number of carbonyl (C=O) groups is 1. The number of methoxy groups -OCH3 is 1. The van der Waals surface area contributed by atoms with Crippen molar-refractivity contribution in [2.24, 2.45) is 23.2 Å². The molecule has 0 unspecified atom stereocenters. The Kier molecular flexibility index (Phi) is 3.95. The van der Waals surface area contributed by atoms with Gasteiger partial charge in [-0.25, -0.2) is 0 Å². The molecule has 0 saturated heterocycles. The molecule has 4 fully saturated rings. The van der Waals surface area contributed by atoms with Crippen LogP contribution in [0.5, 0.6) is 0 Å². The summed E-state index contributed by atoms with van der Waals surface area (Å²) in [4.78, 5) is 12.7. The van der Waals surface area contributed by atoms with Gasteiger partial charge in [0.25, 0.3) is 0 Å². The van der Waals surface area contributed by atoms with Gasteiger partial charge in [0, 0.05) is 12.5 Å². The number of nitrogens with two attached hydrogens (primary N) is 1. The molecule has 4 aliphatic rings. The topological polar surface area (TPSA) is 42.9 Å². The van der Waals surface area contributed by atoms with E-state index in [9.17, 15) is 4.79 Å². The third kappa shape index (κ3) is 2.73. The molecule has 19 heavy (non-hydrogen) atoms. The van der Waals surface area contributed by atoms with Gasteiger partial charge in [-0.15, -0.1) is 0 Å². The lowest BCUT2D eigenvalue weighted by molar-refractivity contribution is -0.645. The molecule has 0 aliphatic heterocycles. The fourth-order valence-corrected chi connectivity index (χ4v) is 5.18. The number of hydrogen-bond acceptors (Lipinski definition) is 2. The monoisotopic (exact) mass is 266 g/mol. The van der Waals surface area contributed by atoms with E-state index in [0.717, 1.165) is 30.9 Å². The molecule has 0 aromatic rings. The van der Waals surface area contributed by atoms with Crippen LogP contribution >= 0.6 is 0 Å². The summed E-state index contributed by atoms with van der Waals surface area (Å²) in [6.45, 7) is 2.33. The normalized spacial score (nSPS) is 40.4. The molecule has 0 amide bonds. The standard InChI is InChI=1S/C16H27NO2/c1-19-5-4-17-11-15(18)16-8-12-2-3-13(9-16)7-14(6-12)10-16/h12-14,17H,2-11H2,1H3/p+1/t12-,13-,14?,16?/m0/s1. The van der Waals surface area contributed by atoms with E-state index in [1.165, 1.54) is 44.9 Å². The molecule has 3 nitrogen and oxygen atoms in total. The van der Waals surface area contributed by atoms with E-state index in [0.29, 0.717) is 12.3 Å². The highest BCUT2D eigenvalue weighted by atomic mass is 16.5. The van der Waals surface area contributed by atoms with E-state index in [-0.39, 0.29) is 5.41 Å². The van der Waals surface area contributed by atoms with Gasteiger partial charge in [0.2, 0.25) is 0 Å². The first-order valence-corrected chi connectivity index (χ1v) is 8.06. The third-order valence-corrected chi connectivity index (χ3v) is 5.80. The second-order valence-corrected chi connectivity index (χ2v) is 7.24. The van der Waals surface area contributed by atoms with E-state index < -0.39 is 0 Å². The quantitative estimate of drug-likeness (QED) is 0.738. The van der Waals surface area contributed by atoms with Gasteiger partial charge in [0.1, 0.15) is 6.54 Å². The summed E-state index contributed by atoms with van der Waals surface area (Å²) in [6, 6.07) is 0. The second kappa shape index (κ2) is 5.53. The van der Waals surface area contributed by atoms with Crippen LogP contribution in [0.2, 0.25) is 0 Å². The molecule has 3 heteroatoms. The molecule has 0 aromatic carbocycles. The van der Waals surface area contributed by atoms with Gasteiger partial charge in [0.05, 0.1) is 13.2 Å². The molecule has 108 valence electrons. The number of ether oxygens (including phenoxy) is 1. The van der Waals surface area contributed by atoms with Crippen LogP contribution in [0.25, 0.3) is 0 Å². The largest absolute Gasteiger partial charge is 0.379 e. The van der Waals surface area contributed by atoms with Crippen LogP contribution in [0.3, 0.4) is 0 Å². The number of rotatable bonds is 6. The molecule has 2 atom stereocenters. The van der Waals surface area contributed by atoms with Crippen LogP contribution in [-0.2, 0) is 9.53 Å². The first-order chi connectivity index (χ1) is 9.22. The minimum absolute atomic E-state index is 0.0799. The zero-order valence-corrected chi connectivity index (χ0v) is 12.2. The predicted molar refractivity (Wildman–Crippen MR) is 73.8 cm³/mol. The first-order valence-electron chi connectivity index (χ1n) is 8.06. The summed E-state index contributed by atoms with van der Waals surface area (Å²) >= 11 is 0. The first kappa shape index (κ1) is 13.6. The van der Waals surface area contributed by atoms with Crippen molar-refractivity contribution in [1.82, 2.24) is 0 Å². The Labute approximate surface area is 116 Å². The lowest BCUT2D eigenvalue weighted by Crippen LogP contribution is -2.87. The average Bonchev–Trinajstić information content (AvgIpc) is 2.61. The lowest BCUT2D eigenvalue weighted by Gasteiger charge is -2.46. The van der Waals surface area contributed by atoms with E-state index >= 15 is 0 Å². The van der Waals surface area contributed by atoms with Crippen LogP contribution in [0.15, 0.2) is 0 Å². The van der Waals surface area contributed by atoms with Crippen LogP contribution < -0.4 is 5.32 Å². The highest BCUT2D eigenvalue weighted by Crippen LogP contribution is 2.57. The SMILES string of the molecule is COCC[NH2+]CC(=O)C12CC3C[C@H](CC[C@@H](C3)C1)C2. The second-order valence-electron chi connectivity index (χ2n) is 7.24. The lowest BCUT2D eigenvalue weighted by atomic mass is 9.57. The molecule has 0 heterocycles. The number of hydrogen-bond donors (Lipinski definition) is 1. The summed E-state index contributed by atoms with van der Waals surface area (Å²) in [5, 5.41) is 2.14. The van der Waals surface area contributed by atoms with Gasteiger partial charge >= 0.3 is 0 Å².